The average molecular weight is 206 g/mol. The molecule has 0 saturated heterocycles. The molecule has 0 radical (unpaired) electrons. The Kier molecular flexibility index (Phi) is 3.76. The van der Waals surface area contributed by atoms with Crippen molar-refractivity contribution < 1.29 is 23.0 Å². The Labute approximate surface area is 78.9 Å². The van der Waals surface area contributed by atoms with Gasteiger partial charge in [-0.25, -0.2) is 13.2 Å². The van der Waals surface area contributed by atoms with Crippen molar-refractivity contribution in [3.05, 3.63) is 29.6 Å². The van der Waals surface area contributed by atoms with Crippen LogP contribution in [0.4, 0.5) is 13.2 Å². The quantitative estimate of drug-likeness (QED) is 0.815. The Morgan fingerprint density at radius 3 is 2.57 bits per heavy atom. The molecule has 0 atom stereocenters. The molecule has 0 aliphatic heterocycles. The topological polar surface area (TPSA) is 29.5 Å². The van der Waals surface area contributed by atoms with Gasteiger partial charge in [0.05, 0.1) is 6.61 Å². The lowest BCUT2D eigenvalue weighted by atomic mass is 10.2. The van der Waals surface area contributed by atoms with Crippen LogP contribution in [0.3, 0.4) is 0 Å². The summed E-state index contributed by atoms with van der Waals surface area (Å²) in [6.07, 6.45) is -2.63. The van der Waals surface area contributed by atoms with E-state index in [1.807, 2.05) is 0 Å². The third-order valence-corrected chi connectivity index (χ3v) is 1.54. The highest BCUT2D eigenvalue weighted by Gasteiger charge is 2.08. The van der Waals surface area contributed by atoms with Crippen LogP contribution in [0.15, 0.2) is 18.2 Å². The van der Waals surface area contributed by atoms with E-state index in [0.29, 0.717) is 5.56 Å². The van der Waals surface area contributed by atoms with Gasteiger partial charge in [0, 0.05) is 0 Å². The van der Waals surface area contributed by atoms with Crippen molar-refractivity contribution in [3.63, 3.8) is 0 Å². The first-order chi connectivity index (χ1) is 6.63. The summed E-state index contributed by atoms with van der Waals surface area (Å²) < 4.78 is 40.9. The number of hydrogen-bond acceptors (Lipinski definition) is 2. The smallest absolute Gasteiger partial charge is 0.272 e. The lowest BCUT2D eigenvalue weighted by molar-refractivity contribution is 0.0798. The van der Waals surface area contributed by atoms with Gasteiger partial charge in [-0.2, -0.15) is 0 Å². The Morgan fingerprint density at radius 1 is 1.36 bits per heavy atom. The second-order valence-electron chi connectivity index (χ2n) is 2.62. The van der Waals surface area contributed by atoms with Gasteiger partial charge in [-0.1, -0.05) is 6.07 Å². The van der Waals surface area contributed by atoms with E-state index in [2.05, 4.69) is 4.74 Å². The highest BCUT2D eigenvalue weighted by atomic mass is 19.3. The van der Waals surface area contributed by atoms with Gasteiger partial charge in [-0.05, 0) is 17.7 Å². The molecule has 5 heteroatoms. The first-order valence-electron chi connectivity index (χ1n) is 3.93. The van der Waals surface area contributed by atoms with Crippen LogP contribution in [0.5, 0.6) is 5.75 Å². The lowest BCUT2D eigenvalue weighted by Crippen LogP contribution is -2.08. The van der Waals surface area contributed by atoms with Gasteiger partial charge >= 0.3 is 0 Å². The molecule has 0 aliphatic carbocycles. The standard InChI is InChI=1S/C9H9F3O2/c10-7-3-6(4-13)1-2-8(7)14-5-9(11)12/h1-3,9,13H,4-5H2. The van der Waals surface area contributed by atoms with Crippen molar-refractivity contribution in [2.24, 2.45) is 0 Å². The second-order valence-corrected chi connectivity index (χ2v) is 2.62. The number of aliphatic hydroxyl groups is 1. The predicted octanol–water partition coefficient (Wildman–Crippen LogP) is 1.96. The molecule has 14 heavy (non-hydrogen) atoms. The van der Waals surface area contributed by atoms with Gasteiger partial charge in [0.15, 0.2) is 11.6 Å². The summed E-state index contributed by atoms with van der Waals surface area (Å²) in [6, 6.07) is 3.66. The molecule has 0 saturated carbocycles. The molecule has 1 N–H and O–H groups in total. The van der Waals surface area contributed by atoms with Gasteiger partial charge in [-0.15, -0.1) is 0 Å². The molecule has 78 valence electrons. The number of aliphatic hydroxyl groups excluding tert-OH is 1. The van der Waals surface area contributed by atoms with Crippen LogP contribution < -0.4 is 4.74 Å². The first-order valence-corrected chi connectivity index (χ1v) is 3.93. The zero-order valence-corrected chi connectivity index (χ0v) is 7.21. The lowest BCUT2D eigenvalue weighted by Gasteiger charge is -2.06. The third kappa shape index (κ3) is 2.92. The van der Waals surface area contributed by atoms with Crippen molar-refractivity contribution in [1.29, 1.82) is 0 Å². The molecule has 0 bridgehead atoms. The maximum Gasteiger partial charge on any atom is 0.272 e. The van der Waals surface area contributed by atoms with E-state index in [9.17, 15) is 13.2 Å². The normalized spacial score (nSPS) is 10.6. The van der Waals surface area contributed by atoms with Gasteiger partial charge in [0.2, 0.25) is 0 Å². The molecule has 1 aromatic carbocycles. The minimum atomic E-state index is -2.63. The molecule has 0 amide bonds. The van der Waals surface area contributed by atoms with Crippen LogP contribution in [0, 0.1) is 5.82 Å². The Hall–Kier alpha value is -1.23. The maximum atomic E-state index is 13.0. The second kappa shape index (κ2) is 4.85. The summed E-state index contributed by atoms with van der Waals surface area (Å²) in [5, 5.41) is 8.64. The molecule has 2 nitrogen and oxygen atoms in total. The number of halogens is 3. The molecule has 0 heterocycles. The van der Waals surface area contributed by atoms with Crippen molar-refractivity contribution >= 4 is 0 Å². The molecule has 1 aromatic rings. The molecule has 0 spiro atoms. The van der Waals surface area contributed by atoms with Crippen molar-refractivity contribution in [1.82, 2.24) is 0 Å². The Bertz CT molecular complexity index is 302. The van der Waals surface area contributed by atoms with E-state index in [0.717, 1.165) is 6.07 Å². The SMILES string of the molecule is OCc1ccc(OCC(F)F)c(F)c1. The largest absolute Gasteiger partial charge is 0.485 e. The highest BCUT2D eigenvalue weighted by Crippen LogP contribution is 2.18. The first kappa shape index (κ1) is 10.8. The van der Waals surface area contributed by atoms with Gasteiger partial charge in [-0.3, -0.25) is 0 Å². The minimum absolute atomic E-state index is 0.234. The van der Waals surface area contributed by atoms with Gasteiger partial charge in [0.1, 0.15) is 6.61 Å². The monoisotopic (exact) mass is 206 g/mol. The molecule has 0 aliphatic rings. The predicted molar refractivity (Wildman–Crippen MR) is 43.8 cm³/mol. The summed E-state index contributed by atoms with van der Waals surface area (Å²) in [4.78, 5) is 0. The third-order valence-electron chi connectivity index (χ3n) is 1.54. The van der Waals surface area contributed by atoms with E-state index in [-0.39, 0.29) is 12.4 Å². The molecule has 0 unspecified atom stereocenters. The zero-order chi connectivity index (χ0) is 10.6. The Morgan fingerprint density at radius 2 is 2.07 bits per heavy atom. The van der Waals surface area contributed by atoms with Crippen LogP contribution in [-0.4, -0.2) is 18.1 Å². The molecule has 0 fully saturated rings. The fourth-order valence-electron chi connectivity index (χ4n) is 0.913. The summed E-state index contributed by atoms with van der Waals surface area (Å²) >= 11 is 0. The molecular formula is C9H9F3O2. The van der Waals surface area contributed by atoms with Crippen LogP contribution in [0.1, 0.15) is 5.56 Å². The van der Waals surface area contributed by atoms with E-state index in [1.54, 1.807) is 0 Å². The van der Waals surface area contributed by atoms with Crippen LogP contribution in [0.2, 0.25) is 0 Å². The zero-order valence-electron chi connectivity index (χ0n) is 7.21. The molecule has 1 rings (SSSR count). The Balaban J connectivity index is 2.69. The van der Waals surface area contributed by atoms with E-state index in [4.69, 9.17) is 5.11 Å². The summed E-state index contributed by atoms with van der Waals surface area (Å²) in [5.41, 5.74) is 0.367. The fourth-order valence-corrected chi connectivity index (χ4v) is 0.913. The number of hydrogen-bond donors (Lipinski definition) is 1. The van der Waals surface area contributed by atoms with E-state index >= 15 is 0 Å². The molecular weight excluding hydrogens is 197 g/mol. The summed E-state index contributed by atoms with van der Waals surface area (Å²) in [7, 11) is 0. The van der Waals surface area contributed by atoms with Crippen LogP contribution in [-0.2, 0) is 6.61 Å². The molecule has 0 aromatic heterocycles. The number of alkyl halides is 2. The average Bonchev–Trinajstić information content (AvgIpc) is 2.15. The summed E-state index contributed by atoms with van der Waals surface area (Å²) in [6.45, 7) is -1.14. The maximum absolute atomic E-state index is 13.0. The van der Waals surface area contributed by atoms with Crippen molar-refractivity contribution in [2.75, 3.05) is 6.61 Å². The fraction of sp³-hybridized carbons (Fsp3) is 0.333. The van der Waals surface area contributed by atoms with Crippen LogP contribution in [0.25, 0.3) is 0 Å². The van der Waals surface area contributed by atoms with Crippen molar-refractivity contribution in [2.45, 2.75) is 13.0 Å². The van der Waals surface area contributed by atoms with Crippen molar-refractivity contribution in [3.8, 4) is 5.75 Å². The van der Waals surface area contributed by atoms with Gasteiger partial charge < -0.3 is 9.84 Å². The number of benzene rings is 1. The van der Waals surface area contributed by atoms with Crippen LogP contribution >= 0.6 is 0 Å². The highest BCUT2D eigenvalue weighted by molar-refractivity contribution is 5.28. The van der Waals surface area contributed by atoms with E-state index in [1.165, 1.54) is 12.1 Å². The number of ether oxygens (including phenoxy) is 1. The minimum Gasteiger partial charge on any atom is -0.485 e. The van der Waals surface area contributed by atoms with Gasteiger partial charge in [0.25, 0.3) is 6.43 Å². The number of rotatable bonds is 4. The summed E-state index contributed by atoms with van der Waals surface area (Å²) in [5.74, 6) is -0.986. The van der Waals surface area contributed by atoms with E-state index < -0.39 is 18.8 Å².